The van der Waals surface area contributed by atoms with Crippen LogP contribution in [-0.4, -0.2) is 30.3 Å². The van der Waals surface area contributed by atoms with Gasteiger partial charge in [-0.05, 0) is 38.3 Å². The molecular weight excluding hydrogens is 212 g/mol. The molecule has 0 spiro atoms. The summed E-state index contributed by atoms with van der Waals surface area (Å²) < 4.78 is 0. The Hall–Kier alpha value is -1.06. The number of hydrogen-bond acceptors (Lipinski definition) is 3. The highest BCUT2D eigenvalue weighted by atomic mass is 16.3. The van der Waals surface area contributed by atoms with E-state index in [1.165, 1.54) is 22.4 Å². The van der Waals surface area contributed by atoms with Crippen molar-refractivity contribution in [2.24, 2.45) is 5.73 Å². The maximum absolute atomic E-state index is 9.32. The molecule has 3 N–H and O–H groups in total. The smallest absolute Gasteiger partial charge is 0.0629 e. The third-order valence-electron chi connectivity index (χ3n) is 3.65. The molecule has 1 saturated heterocycles. The molecule has 0 aliphatic carbocycles. The van der Waals surface area contributed by atoms with E-state index in [1.54, 1.807) is 0 Å². The fraction of sp³-hybridized carbons (Fsp3) is 0.571. The number of aliphatic hydroxyl groups is 1. The maximum Gasteiger partial charge on any atom is 0.0629 e. The molecule has 0 amide bonds. The first-order chi connectivity index (χ1) is 7.95. The molecule has 2 rings (SSSR count). The molecule has 0 saturated carbocycles. The van der Waals surface area contributed by atoms with Gasteiger partial charge in [-0.15, -0.1) is 0 Å². The molecule has 0 radical (unpaired) electrons. The van der Waals surface area contributed by atoms with Crippen LogP contribution in [0.4, 0.5) is 5.69 Å². The molecule has 1 aromatic rings. The van der Waals surface area contributed by atoms with Crippen molar-refractivity contribution in [3.05, 3.63) is 28.8 Å². The Bertz CT molecular complexity index is 407. The summed E-state index contributed by atoms with van der Waals surface area (Å²) in [7, 11) is 0. The topological polar surface area (TPSA) is 49.5 Å². The zero-order chi connectivity index (χ0) is 12.6. The van der Waals surface area contributed by atoms with Crippen LogP contribution in [0.25, 0.3) is 0 Å². The number of anilines is 1. The van der Waals surface area contributed by atoms with Crippen LogP contribution in [0.15, 0.2) is 12.1 Å². The zero-order valence-corrected chi connectivity index (χ0v) is 11.0. The summed E-state index contributed by atoms with van der Waals surface area (Å²) in [4.78, 5) is 2.31. The predicted octanol–water partition coefficient (Wildman–Crippen LogP) is 1.51. The van der Waals surface area contributed by atoms with Crippen molar-refractivity contribution in [2.75, 3.05) is 24.6 Å². The van der Waals surface area contributed by atoms with Gasteiger partial charge in [0.25, 0.3) is 0 Å². The lowest BCUT2D eigenvalue weighted by Gasteiger charge is -2.26. The molecule has 1 unspecified atom stereocenters. The average molecular weight is 234 g/mol. The molecule has 0 bridgehead atoms. The lowest BCUT2D eigenvalue weighted by atomic mass is 10.0. The lowest BCUT2D eigenvalue weighted by molar-refractivity contribution is 0.210. The van der Waals surface area contributed by atoms with Gasteiger partial charge in [-0.25, -0.2) is 0 Å². The molecule has 1 fully saturated rings. The average Bonchev–Trinajstić information content (AvgIpc) is 2.60. The van der Waals surface area contributed by atoms with Gasteiger partial charge < -0.3 is 15.7 Å². The van der Waals surface area contributed by atoms with Crippen molar-refractivity contribution in [1.29, 1.82) is 0 Å². The van der Waals surface area contributed by atoms with E-state index < -0.39 is 5.54 Å². The van der Waals surface area contributed by atoms with Crippen molar-refractivity contribution in [3.8, 4) is 0 Å². The Balaban J connectivity index is 2.31. The van der Waals surface area contributed by atoms with E-state index in [0.717, 1.165) is 19.5 Å². The molecular formula is C14H22N2O. The minimum atomic E-state index is -0.427. The van der Waals surface area contributed by atoms with E-state index in [1.807, 2.05) is 0 Å². The Kier molecular flexibility index (Phi) is 3.15. The largest absolute Gasteiger partial charge is 0.394 e. The number of hydrogen-bond donors (Lipinski definition) is 2. The zero-order valence-electron chi connectivity index (χ0n) is 11.0. The second kappa shape index (κ2) is 4.31. The summed E-state index contributed by atoms with van der Waals surface area (Å²) in [6.45, 7) is 8.15. The second-order valence-corrected chi connectivity index (χ2v) is 5.44. The van der Waals surface area contributed by atoms with Crippen molar-refractivity contribution >= 4 is 5.69 Å². The number of nitrogens with two attached hydrogens (primary N) is 1. The van der Waals surface area contributed by atoms with E-state index >= 15 is 0 Å². The highest BCUT2D eigenvalue weighted by Crippen LogP contribution is 2.31. The maximum atomic E-state index is 9.32. The highest BCUT2D eigenvalue weighted by molar-refractivity contribution is 5.61. The molecule has 1 atom stereocenters. The van der Waals surface area contributed by atoms with Crippen molar-refractivity contribution in [1.82, 2.24) is 0 Å². The van der Waals surface area contributed by atoms with Crippen molar-refractivity contribution in [3.63, 3.8) is 0 Å². The van der Waals surface area contributed by atoms with Gasteiger partial charge in [0.15, 0.2) is 0 Å². The quantitative estimate of drug-likeness (QED) is 0.815. The third-order valence-corrected chi connectivity index (χ3v) is 3.65. The molecule has 3 heteroatoms. The van der Waals surface area contributed by atoms with Gasteiger partial charge in [0.1, 0.15) is 0 Å². The van der Waals surface area contributed by atoms with Crippen LogP contribution in [0, 0.1) is 20.8 Å². The Labute approximate surface area is 103 Å². The van der Waals surface area contributed by atoms with Gasteiger partial charge in [-0.2, -0.15) is 0 Å². The number of benzene rings is 1. The summed E-state index contributed by atoms with van der Waals surface area (Å²) >= 11 is 0. The SMILES string of the molecule is Cc1cc(C)c(N2CCC(N)(CO)C2)c(C)c1. The minimum absolute atomic E-state index is 0.0630. The molecule has 0 aromatic heterocycles. The fourth-order valence-electron chi connectivity index (χ4n) is 2.89. The van der Waals surface area contributed by atoms with Gasteiger partial charge >= 0.3 is 0 Å². The monoisotopic (exact) mass is 234 g/mol. The molecule has 1 aromatic carbocycles. The molecule has 17 heavy (non-hydrogen) atoms. The van der Waals surface area contributed by atoms with Crippen molar-refractivity contribution in [2.45, 2.75) is 32.7 Å². The predicted molar refractivity (Wildman–Crippen MR) is 71.5 cm³/mol. The van der Waals surface area contributed by atoms with E-state index in [9.17, 15) is 5.11 Å². The number of rotatable bonds is 2. The van der Waals surface area contributed by atoms with Crippen LogP contribution in [0.2, 0.25) is 0 Å². The van der Waals surface area contributed by atoms with E-state index in [0.29, 0.717) is 0 Å². The molecule has 94 valence electrons. The second-order valence-electron chi connectivity index (χ2n) is 5.44. The normalized spacial score (nSPS) is 24.4. The van der Waals surface area contributed by atoms with E-state index in [-0.39, 0.29) is 6.61 Å². The standard InChI is InChI=1S/C14H22N2O/c1-10-6-11(2)13(12(3)7-10)16-5-4-14(15,8-16)9-17/h6-7,17H,4-5,8-9,15H2,1-3H3. The first-order valence-electron chi connectivity index (χ1n) is 6.18. The van der Waals surface area contributed by atoms with Crippen LogP contribution in [-0.2, 0) is 0 Å². The van der Waals surface area contributed by atoms with E-state index in [2.05, 4.69) is 37.8 Å². The van der Waals surface area contributed by atoms with E-state index in [4.69, 9.17) is 5.73 Å². The fourth-order valence-corrected chi connectivity index (χ4v) is 2.89. The van der Waals surface area contributed by atoms with Crippen molar-refractivity contribution < 1.29 is 5.11 Å². The summed E-state index contributed by atoms with van der Waals surface area (Å²) in [6.07, 6.45) is 0.857. The Morgan fingerprint density at radius 2 is 1.88 bits per heavy atom. The van der Waals surface area contributed by atoms with Crippen LogP contribution in [0.5, 0.6) is 0 Å². The lowest BCUT2D eigenvalue weighted by Crippen LogP contribution is -2.46. The highest BCUT2D eigenvalue weighted by Gasteiger charge is 2.34. The summed E-state index contributed by atoms with van der Waals surface area (Å²) in [5.41, 5.74) is 10.9. The van der Waals surface area contributed by atoms with Crippen LogP contribution in [0.3, 0.4) is 0 Å². The summed E-state index contributed by atoms with van der Waals surface area (Å²) in [6, 6.07) is 4.41. The number of aliphatic hydroxyl groups excluding tert-OH is 1. The number of nitrogens with zero attached hydrogens (tertiary/aromatic N) is 1. The first-order valence-corrected chi connectivity index (χ1v) is 6.18. The summed E-state index contributed by atoms with van der Waals surface area (Å²) in [5.74, 6) is 0. The van der Waals surface area contributed by atoms with Gasteiger partial charge in [0.05, 0.1) is 12.1 Å². The van der Waals surface area contributed by atoms with Gasteiger partial charge in [-0.1, -0.05) is 17.7 Å². The minimum Gasteiger partial charge on any atom is -0.394 e. The molecule has 3 nitrogen and oxygen atoms in total. The van der Waals surface area contributed by atoms with Crippen LogP contribution < -0.4 is 10.6 Å². The van der Waals surface area contributed by atoms with Gasteiger partial charge in [-0.3, -0.25) is 0 Å². The molecule has 1 aliphatic heterocycles. The number of aryl methyl sites for hydroxylation is 3. The summed E-state index contributed by atoms with van der Waals surface area (Å²) in [5, 5.41) is 9.32. The van der Waals surface area contributed by atoms with Gasteiger partial charge in [0, 0.05) is 18.8 Å². The Morgan fingerprint density at radius 3 is 2.35 bits per heavy atom. The first kappa shape index (κ1) is 12.4. The van der Waals surface area contributed by atoms with Gasteiger partial charge in [0.2, 0.25) is 0 Å². The molecule has 1 aliphatic rings. The van der Waals surface area contributed by atoms with Crippen LogP contribution >= 0.6 is 0 Å². The third kappa shape index (κ3) is 2.31. The Morgan fingerprint density at radius 1 is 1.29 bits per heavy atom. The van der Waals surface area contributed by atoms with Crippen LogP contribution in [0.1, 0.15) is 23.1 Å². The molecule has 1 heterocycles.